The van der Waals surface area contributed by atoms with E-state index in [4.69, 9.17) is 5.73 Å². The van der Waals surface area contributed by atoms with Crippen molar-refractivity contribution in [2.24, 2.45) is 5.73 Å². The van der Waals surface area contributed by atoms with Crippen molar-refractivity contribution in [2.45, 2.75) is 13.3 Å². The molecule has 0 fully saturated rings. The van der Waals surface area contributed by atoms with E-state index in [-0.39, 0.29) is 5.75 Å². The Kier molecular flexibility index (Phi) is 5.39. The van der Waals surface area contributed by atoms with E-state index < -0.39 is 10.1 Å². The van der Waals surface area contributed by atoms with Gasteiger partial charge >= 0.3 is 0 Å². The quantitative estimate of drug-likeness (QED) is 0.415. The van der Waals surface area contributed by atoms with E-state index >= 15 is 0 Å². The van der Waals surface area contributed by atoms with E-state index in [0.29, 0.717) is 19.5 Å². The van der Waals surface area contributed by atoms with Crippen LogP contribution in [0.25, 0.3) is 0 Å². The minimum absolute atomic E-state index is 0.0323. The molecule has 0 amide bonds. The van der Waals surface area contributed by atoms with Crippen LogP contribution in [-0.2, 0) is 14.4 Å². The Morgan fingerprint density at radius 1 is 1.55 bits per heavy atom. The van der Waals surface area contributed by atoms with Crippen LogP contribution in [0, 0.1) is 0 Å². The molecule has 0 aliphatic heterocycles. The van der Waals surface area contributed by atoms with Gasteiger partial charge in [0.15, 0.2) is 0 Å². The molecule has 0 saturated heterocycles. The zero-order valence-electron chi connectivity index (χ0n) is 6.54. The molecule has 0 spiro atoms. The molecule has 11 heavy (non-hydrogen) atoms. The average Bonchev–Trinajstić information content (AvgIpc) is 1.87. The Labute approximate surface area is 67.0 Å². The molecule has 0 aromatic rings. The van der Waals surface area contributed by atoms with Gasteiger partial charge in [0.05, 0.1) is 5.75 Å². The van der Waals surface area contributed by atoms with E-state index in [9.17, 15) is 8.42 Å². The van der Waals surface area contributed by atoms with Crippen LogP contribution in [-0.4, -0.2) is 27.3 Å². The third kappa shape index (κ3) is 6.24. The van der Waals surface area contributed by atoms with E-state index in [1.807, 2.05) is 0 Å². The van der Waals surface area contributed by atoms with Gasteiger partial charge in [0.1, 0.15) is 0 Å². The van der Waals surface area contributed by atoms with Crippen molar-refractivity contribution in [1.82, 2.24) is 5.48 Å². The predicted molar refractivity (Wildman–Crippen MR) is 42.2 cm³/mol. The van der Waals surface area contributed by atoms with E-state index in [1.165, 1.54) is 0 Å². The summed E-state index contributed by atoms with van der Waals surface area (Å²) < 4.78 is 25.9. The Bertz CT molecular complexity index is 178. The first-order valence-corrected chi connectivity index (χ1v) is 5.04. The number of hydrogen-bond donors (Lipinski definition) is 2. The summed E-state index contributed by atoms with van der Waals surface area (Å²) in [7, 11) is -3.37. The van der Waals surface area contributed by atoms with Crippen molar-refractivity contribution in [1.29, 1.82) is 0 Å². The van der Waals surface area contributed by atoms with Gasteiger partial charge in [-0.3, -0.25) is 0 Å². The van der Waals surface area contributed by atoms with Gasteiger partial charge in [-0.05, 0) is 6.42 Å². The smallest absolute Gasteiger partial charge is 0.283 e. The first-order valence-electron chi connectivity index (χ1n) is 3.46. The van der Waals surface area contributed by atoms with Crippen molar-refractivity contribution < 1.29 is 12.7 Å². The standard InChI is InChI=1S/C5H14N2O3S/c1-2-5-11(8,9)10-7-4-3-6/h7H,2-6H2,1H3. The SMILES string of the molecule is CCCS(=O)(=O)ONCCN. The molecule has 6 heteroatoms. The molecular formula is C5H14N2O3S. The minimum atomic E-state index is -3.37. The molecule has 0 rings (SSSR count). The highest BCUT2D eigenvalue weighted by atomic mass is 32.2. The van der Waals surface area contributed by atoms with Gasteiger partial charge in [-0.15, -0.1) is 0 Å². The lowest BCUT2D eigenvalue weighted by Gasteiger charge is -2.02. The van der Waals surface area contributed by atoms with Gasteiger partial charge < -0.3 is 5.73 Å². The molecule has 0 aromatic heterocycles. The number of rotatable bonds is 6. The maximum atomic E-state index is 10.8. The molecule has 0 saturated carbocycles. The second kappa shape index (κ2) is 5.48. The Morgan fingerprint density at radius 2 is 2.18 bits per heavy atom. The van der Waals surface area contributed by atoms with Gasteiger partial charge in [-0.1, -0.05) is 6.92 Å². The molecule has 0 bridgehead atoms. The van der Waals surface area contributed by atoms with Gasteiger partial charge in [0.2, 0.25) is 0 Å². The van der Waals surface area contributed by atoms with Crippen LogP contribution in [0.2, 0.25) is 0 Å². The molecular weight excluding hydrogens is 168 g/mol. The molecule has 0 aromatic carbocycles. The maximum Gasteiger partial charge on any atom is 0.283 e. The molecule has 0 heterocycles. The normalized spacial score (nSPS) is 11.8. The highest BCUT2D eigenvalue weighted by molar-refractivity contribution is 7.86. The van der Waals surface area contributed by atoms with Crippen LogP contribution in [0.4, 0.5) is 0 Å². The number of hydrogen-bond acceptors (Lipinski definition) is 5. The number of nitrogens with one attached hydrogen (secondary N) is 1. The summed E-state index contributed by atoms with van der Waals surface area (Å²) in [4.78, 5) is 0. The first kappa shape index (κ1) is 10.8. The summed E-state index contributed by atoms with van der Waals surface area (Å²) in [5.74, 6) is 0.0323. The zero-order valence-corrected chi connectivity index (χ0v) is 7.36. The summed E-state index contributed by atoms with van der Waals surface area (Å²) >= 11 is 0. The first-order chi connectivity index (χ1) is 5.12. The fourth-order valence-corrected chi connectivity index (χ4v) is 1.33. The van der Waals surface area contributed by atoms with Crippen LogP contribution in [0.1, 0.15) is 13.3 Å². The van der Waals surface area contributed by atoms with Crippen LogP contribution in [0.5, 0.6) is 0 Å². The monoisotopic (exact) mass is 182 g/mol. The number of nitrogens with two attached hydrogens (primary N) is 1. The fourth-order valence-electron chi connectivity index (χ4n) is 0.482. The predicted octanol–water partition coefficient (Wildman–Crippen LogP) is -0.794. The van der Waals surface area contributed by atoms with Crippen LogP contribution in [0.3, 0.4) is 0 Å². The van der Waals surface area contributed by atoms with Gasteiger partial charge in [-0.2, -0.15) is 18.2 Å². The summed E-state index contributed by atoms with van der Waals surface area (Å²) in [6, 6.07) is 0. The van der Waals surface area contributed by atoms with Crippen LogP contribution in [0.15, 0.2) is 0 Å². The summed E-state index contributed by atoms with van der Waals surface area (Å²) in [6.45, 7) is 2.45. The Hall–Kier alpha value is -0.170. The van der Waals surface area contributed by atoms with Crippen molar-refractivity contribution in [3.63, 3.8) is 0 Å². The van der Waals surface area contributed by atoms with E-state index in [1.54, 1.807) is 6.92 Å². The third-order valence-corrected chi connectivity index (χ3v) is 2.17. The van der Waals surface area contributed by atoms with Crippen molar-refractivity contribution >= 4 is 10.1 Å². The Morgan fingerprint density at radius 3 is 2.64 bits per heavy atom. The summed E-state index contributed by atoms with van der Waals surface area (Å²) in [6.07, 6.45) is 0.548. The molecule has 0 aliphatic rings. The van der Waals surface area contributed by atoms with Crippen molar-refractivity contribution in [3.05, 3.63) is 0 Å². The Balaban J connectivity index is 3.56. The third-order valence-electron chi connectivity index (χ3n) is 0.886. The maximum absolute atomic E-state index is 10.8. The highest BCUT2D eigenvalue weighted by Crippen LogP contribution is 1.91. The molecule has 0 unspecified atom stereocenters. The van der Waals surface area contributed by atoms with Crippen molar-refractivity contribution in [3.8, 4) is 0 Å². The lowest BCUT2D eigenvalue weighted by Crippen LogP contribution is -2.27. The van der Waals surface area contributed by atoms with Crippen LogP contribution < -0.4 is 11.2 Å². The zero-order chi connectivity index (χ0) is 8.74. The molecule has 3 N–H and O–H groups in total. The molecule has 0 atom stereocenters. The van der Waals surface area contributed by atoms with Crippen molar-refractivity contribution in [2.75, 3.05) is 18.8 Å². The molecule has 68 valence electrons. The van der Waals surface area contributed by atoms with Gasteiger partial charge in [0, 0.05) is 13.1 Å². The van der Waals surface area contributed by atoms with E-state index in [2.05, 4.69) is 9.76 Å². The lowest BCUT2D eigenvalue weighted by molar-refractivity contribution is 0.207. The second-order valence-electron chi connectivity index (χ2n) is 2.03. The largest absolute Gasteiger partial charge is 0.329 e. The van der Waals surface area contributed by atoms with Gasteiger partial charge in [0.25, 0.3) is 10.1 Å². The fraction of sp³-hybridized carbons (Fsp3) is 1.00. The van der Waals surface area contributed by atoms with Crippen LogP contribution >= 0.6 is 0 Å². The topological polar surface area (TPSA) is 81.4 Å². The number of hydroxylamine groups is 1. The minimum Gasteiger partial charge on any atom is -0.329 e. The average molecular weight is 182 g/mol. The molecule has 0 aliphatic carbocycles. The highest BCUT2D eigenvalue weighted by Gasteiger charge is 2.07. The van der Waals surface area contributed by atoms with Gasteiger partial charge in [-0.25, -0.2) is 0 Å². The summed E-state index contributed by atoms with van der Waals surface area (Å²) in [5.41, 5.74) is 7.34. The molecule has 5 nitrogen and oxygen atoms in total. The van der Waals surface area contributed by atoms with E-state index in [0.717, 1.165) is 0 Å². The second-order valence-corrected chi connectivity index (χ2v) is 3.72. The molecule has 0 radical (unpaired) electrons. The summed E-state index contributed by atoms with van der Waals surface area (Å²) in [5, 5.41) is 0. The lowest BCUT2D eigenvalue weighted by atomic mass is 10.6.